The molecule has 0 saturated heterocycles. The van der Waals surface area contributed by atoms with Crippen LogP contribution in [0.15, 0.2) is 30.3 Å². The molecular weight excluding hydrogens is 238 g/mol. The van der Waals surface area contributed by atoms with Gasteiger partial charge >= 0.3 is 0 Å². The standard InChI is InChI=1S/C16H23NO2/c1-2-11-18-12-13-19-16-5-3-14(4-6-16)15-7-9-17-10-8-15/h3-7,17H,2,8-13H2,1H3. The topological polar surface area (TPSA) is 30.5 Å². The minimum absolute atomic E-state index is 0.617. The smallest absolute Gasteiger partial charge is 0.119 e. The third-order valence-corrected chi connectivity index (χ3v) is 3.13. The van der Waals surface area contributed by atoms with Crippen LogP contribution >= 0.6 is 0 Å². The average molecular weight is 261 g/mol. The number of rotatable bonds is 7. The van der Waals surface area contributed by atoms with Crippen LogP contribution in [0.25, 0.3) is 5.57 Å². The first kappa shape index (κ1) is 14.1. The van der Waals surface area contributed by atoms with E-state index in [1.807, 2.05) is 12.1 Å². The lowest BCUT2D eigenvalue weighted by atomic mass is 10.0. The Labute approximate surface area is 115 Å². The van der Waals surface area contributed by atoms with Crippen LogP contribution in [0, 0.1) is 0 Å². The molecule has 0 fully saturated rings. The first-order valence-electron chi connectivity index (χ1n) is 7.11. The molecule has 3 nitrogen and oxygen atoms in total. The van der Waals surface area contributed by atoms with E-state index in [1.165, 1.54) is 11.1 Å². The fourth-order valence-electron chi connectivity index (χ4n) is 2.11. The van der Waals surface area contributed by atoms with E-state index in [0.717, 1.165) is 38.3 Å². The van der Waals surface area contributed by atoms with Crippen LogP contribution in [0.5, 0.6) is 5.75 Å². The molecule has 1 aromatic rings. The van der Waals surface area contributed by atoms with Crippen LogP contribution in [0.3, 0.4) is 0 Å². The van der Waals surface area contributed by atoms with E-state index in [4.69, 9.17) is 9.47 Å². The van der Waals surface area contributed by atoms with Crippen LogP contribution in [-0.2, 0) is 4.74 Å². The number of benzene rings is 1. The maximum Gasteiger partial charge on any atom is 0.119 e. The zero-order valence-corrected chi connectivity index (χ0v) is 11.7. The van der Waals surface area contributed by atoms with Gasteiger partial charge in [-0.3, -0.25) is 0 Å². The summed E-state index contributed by atoms with van der Waals surface area (Å²) in [7, 11) is 0. The van der Waals surface area contributed by atoms with E-state index in [2.05, 4.69) is 30.4 Å². The van der Waals surface area contributed by atoms with Crippen molar-refractivity contribution < 1.29 is 9.47 Å². The highest BCUT2D eigenvalue weighted by atomic mass is 16.5. The Morgan fingerprint density at radius 3 is 2.63 bits per heavy atom. The minimum Gasteiger partial charge on any atom is -0.491 e. The highest BCUT2D eigenvalue weighted by Gasteiger charge is 2.05. The molecule has 1 aromatic carbocycles. The molecule has 0 atom stereocenters. The molecule has 0 aliphatic carbocycles. The van der Waals surface area contributed by atoms with Crippen molar-refractivity contribution in [2.45, 2.75) is 19.8 Å². The molecule has 1 aliphatic rings. The molecule has 19 heavy (non-hydrogen) atoms. The first-order chi connectivity index (χ1) is 9.40. The second-order valence-electron chi connectivity index (χ2n) is 4.67. The molecule has 0 bridgehead atoms. The van der Waals surface area contributed by atoms with Gasteiger partial charge in [-0.25, -0.2) is 0 Å². The van der Waals surface area contributed by atoms with Crippen molar-refractivity contribution in [3.63, 3.8) is 0 Å². The predicted molar refractivity (Wildman–Crippen MR) is 78.5 cm³/mol. The lowest BCUT2D eigenvalue weighted by molar-refractivity contribution is 0.101. The monoisotopic (exact) mass is 261 g/mol. The summed E-state index contributed by atoms with van der Waals surface area (Å²) in [6, 6.07) is 8.36. The van der Waals surface area contributed by atoms with Crippen molar-refractivity contribution in [3.05, 3.63) is 35.9 Å². The molecule has 1 N–H and O–H groups in total. The van der Waals surface area contributed by atoms with Gasteiger partial charge in [0.05, 0.1) is 6.61 Å². The normalized spacial score (nSPS) is 15.1. The van der Waals surface area contributed by atoms with Gasteiger partial charge < -0.3 is 14.8 Å². The molecule has 0 aromatic heterocycles. The van der Waals surface area contributed by atoms with Crippen molar-refractivity contribution in [2.75, 3.05) is 32.9 Å². The lowest BCUT2D eigenvalue weighted by Crippen LogP contribution is -2.19. The lowest BCUT2D eigenvalue weighted by Gasteiger charge is -2.14. The molecule has 0 unspecified atom stereocenters. The summed E-state index contributed by atoms with van der Waals surface area (Å²) in [5.74, 6) is 0.915. The largest absolute Gasteiger partial charge is 0.491 e. The van der Waals surface area contributed by atoms with Gasteiger partial charge in [0, 0.05) is 13.2 Å². The molecule has 104 valence electrons. The van der Waals surface area contributed by atoms with Gasteiger partial charge in [-0.05, 0) is 42.7 Å². The highest BCUT2D eigenvalue weighted by Crippen LogP contribution is 2.22. The molecular formula is C16H23NO2. The van der Waals surface area contributed by atoms with Gasteiger partial charge in [0.25, 0.3) is 0 Å². The van der Waals surface area contributed by atoms with E-state index in [-0.39, 0.29) is 0 Å². The second-order valence-corrected chi connectivity index (χ2v) is 4.67. The molecule has 1 aliphatic heterocycles. The third-order valence-electron chi connectivity index (χ3n) is 3.13. The summed E-state index contributed by atoms with van der Waals surface area (Å²) in [5, 5.41) is 3.33. The molecule has 1 heterocycles. The van der Waals surface area contributed by atoms with E-state index in [1.54, 1.807) is 0 Å². The summed E-state index contributed by atoms with van der Waals surface area (Å²) in [5.41, 5.74) is 2.73. The quantitative estimate of drug-likeness (QED) is 0.766. The van der Waals surface area contributed by atoms with Crippen LogP contribution in [0.1, 0.15) is 25.3 Å². The number of hydrogen-bond donors (Lipinski definition) is 1. The van der Waals surface area contributed by atoms with E-state index in [9.17, 15) is 0 Å². The predicted octanol–water partition coefficient (Wildman–Crippen LogP) is 2.87. The first-order valence-corrected chi connectivity index (χ1v) is 7.11. The summed E-state index contributed by atoms with van der Waals surface area (Å²) < 4.78 is 11.0. The Morgan fingerprint density at radius 1 is 1.11 bits per heavy atom. The minimum atomic E-state index is 0.617. The Hall–Kier alpha value is -1.32. The third kappa shape index (κ3) is 4.69. The summed E-state index contributed by atoms with van der Waals surface area (Å²) >= 11 is 0. The molecule has 0 radical (unpaired) electrons. The van der Waals surface area contributed by atoms with Crippen LogP contribution in [-0.4, -0.2) is 32.9 Å². The van der Waals surface area contributed by atoms with Crippen molar-refractivity contribution in [1.29, 1.82) is 0 Å². The average Bonchev–Trinajstić information content (AvgIpc) is 2.49. The SMILES string of the molecule is CCCOCCOc1ccc(C2=CCNCC2)cc1. The van der Waals surface area contributed by atoms with E-state index >= 15 is 0 Å². The van der Waals surface area contributed by atoms with Gasteiger partial charge in [-0.1, -0.05) is 25.1 Å². The number of ether oxygens (including phenoxy) is 2. The number of hydrogen-bond acceptors (Lipinski definition) is 3. The fourth-order valence-corrected chi connectivity index (χ4v) is 2.11. The summed E-state index contributed by atoms with van der Waals surface area (Å²) in [6.45, 7) is 6.24. The molecule has 3 heteroatoms. The van der Waals surface area contributed by atoms with E-state index < -0.39 is 0 Å². The van der Waals surface area contributed by atoms with Crippen molar-refractivity contribution in [2.24, 2.45) is 0 Å². The summed E-state index contributed by atoms with van der Waals surface area (Å²) in [4.78, 5) is 0. The Morgan fingerprint density at radius 2 is 1.95 bits per heavy atom. The van der Waals surface area contributed by atoms with Gasteiger partial charge in [0.15, 0.2) is 0 Å². The van der Waals surface area contributed by atoms with Gasteiger partial charge in [-0.15, -0.1) is 0 Å². The molecule has 0 amide bonds. The van der Waals surface area contributed by atoms with Gasteiger partial charge in [-0.2, -0.15) is 0 Å². The Kier molecular flexibility index (Phi) is 5.92. The fraction of sp³-hybridized carbons (Fsp3) is 0.500. The maximum absolute atomic E-state index is 5.64. The summed E-state index contributed by atoms with van der Waals surface area (Å²) in [6.07, 6.45) is 4.42. The Bertz CT molecular complexity index is 398. The van der Waals surface area contributed by atoms with Gasteiger partial charge in [0.1, 0.15) is 12.4 Å². The molecule has 0 saturated carbocycles. The van der Waals surface area contributed by atoms with Crippen molar-refractivity contribution in [1.82, 2.24) is 5.32 Å². The van der Waals surface area contributed by atoms with Crippen molar-refractivity contribution >= 4 is 5.57 Å². The molecule has 2 rings (SSSR count). The zero-order valence-electron chi connectivity index (χ0n) is 11.7. The van der Waals surface area contributed by atoms with Crippen LogP contribution < -0.4 is 10.1 Å². The van der Waals surface area contributed by atoms with Gasteiger partial charge in [0.2, 0.25) is 0 Å². The van der Waals surface area contributed by atoms with Crippen LogP contribution in [0.4, 0.5) is 0 Å². The highest BCUT2D eigenvalue weighted by molar-refractivity contribution is 5.67. The molecule has 0 spiro atoms. The van der Waals surface area contributed by atoms with Crippen LogP contribution in [0.2, 0.25) is 0 Å². The van der Waals surface area contributed by atoms with E-state index in [0.29, 0.717) is 13.2 Å². The Balaban J connectivity index is 1.79. The maximum atomic E-state index is 5.64. The van der Waals surface area contributed by atoms with Crippen molar-refractivity contribution in [3.8, 4) is 5.75 Å². The second kappa shape index (κ2) is 7.97. The zero-order chi connectivity index (χ0) is 13.3. The number of nitrogens with one attached hydrogen (secondary N) is 1.